The fourth-order valence-electron chi connectivity index (χ4n) is 2.73. The van der Waals surface area contributed by atoms with Crippen LogP contribution in [0.25, 0.3) is 0 Å². The molecule has 2 aliphatic rings. The van der Waals surface area contributed by atoms with Gasteiger partial charge in [-0.25, -0.2) is 0 Å². The van der Waals surface area contributed by atoms with Crippen LogP contribution in [0.4, 0.5) is 0 Å². The number of hydrogen-bond donors (Lipinski definition) is 1. The van der Waals surface area contributed by atoms with Gasteiger partial charge in [0.2, 0.25) is 5.91 Å². The van der Waals surface area contributed by atoms with E-state index in [1.165, 1.54) is 38.0 Å². The summed E-state index contributed by atoms with van der Waals surface area (Å²) in [5.41, 5.74) is 1.36. The third-order valence-corrected chi connectivity index (χ3v) is 3.80. The minimum atomic E-state index is 0.0603. The Morgan fingerprint density at radius 1 is 1.22 bits per heavy atom. The number of likely N-dealkylation sites (tertiary alicyclic amines) is 1. The van der Waals surface area contributed by atoms with Crippen molar-refractivity contribution in [1.29, 1.82) is 0 Å². The van der Waals surface area contributed by atoms with E-state index >= 15 is 0 Å². The normalized spacial score (nSPS) is 21.9. The predicted molar refractivity (Wildman–Crippen MR) is 73.5 cm³/mol. The van der Waals surface area contributed by atoms with Gasteiger partial charge in [0, 0.05) is 39.6 Å². The molecule has 0 bridgehead atoms. The maximum absolute atomic E-state index is 10.9. The summed E-state index contributed by atoms with van der Waals surface area (Å²) < 4.78 is 0. The van der Waals surface area contributed by atoms with Crippen molar-refractivity contribution >= 4 is 5.91 Å². The van der Waals surface area contributed by atoms with Gasteiger partial charge in [-0.05, 0) is 37.9 Å². The van der Waals surface area contributed by atoms with E-state index in [4.69, 9.17) is 0 Å². The summed E-state index contributed by atoms with van der Waals surface area (Å²) in [6, 6.07) is 0. The second-order valence-electron chi connectivity index (χ2n) is 5.39. The maximum Gasteiger partial charge on any atom is 0.217 e. The van der Waals surface area contributed by atoms with E-state index in [9.17, 15) is 4.79 Å². The highest BCUT2D eigenvalue weighted by molar-refractivity contribution is 5.73. The third-order valence-electron chi connectivity index (χ3n) is 3.80. The molecule has 1 N–H and O–H groups in total. The highest BCUT2D eigenvalue weighted by Gasteiger charge is 2.16. The molecule has 0 unspecified atom stereocenters. The van der Waals surface area contributed by atoms with Crippen molar-refractivity contribution in [3.05, 3.63) is 11.6 Å². The lowest BCUT2D eigenvalue weighted by Gasteiger charge is -2.29. The van der Waals surface area contributed by atoms with E-state index in [0.717, 1.165) is 32.6 Å². The van der Waals surface area contributed by atoms with Crippen LogP contribution in [0.5, 0.6) is 0 Å². The van der Waals surface area contributed by atoms with Gasteiger partial charge in [-0.2, -0.15) is 0 Å². The first-order chi connectivity index (χ1) is 8.74. The topological polar surface area (TPSA) is 35.6 Å². The van der Waals surface area contributed by atoms with E-state index in [-0.39, 0.29) is 5.91 Å². The Balaban J connectivity index is 1.68. The van der Waals surface area contributed by atoms with Crippen LogP contribution in [0.2, 0.25) is 0 Å². The zero-order valence-corrected chi connectivity index (χ0v) is 11.5. The van der Waals surface area contributed by atoms with Crippen LogP contribution < -0.4 is 5.32 Å². The second kappa shape index (κ2) is 6.90. The van der Waals surface area contributed by atoms with Crippen LogP contribution in [-0.4, -0.2) is 61.5 Å². The van der Waals surface area contributed by atoms with Gasteiger partial charge >= 0.3 is 0 Å². The number of nitrogens with one attached hydrogen (secondary N) is 1. The summed E-state index contributed by atoms with van der Waals surface area (Å²) in [7, 11) is 0. The van der Waals surface area contributed by atoms with Gasteiger partial charge in [-0.3, -0.25) is 9.69 Å². The number of carbonyl (C=O) groups is 1. The number of carbonyl (C=O) groups excluding carboxylic acids is 1. The fraction of sp³-hybridized carbons (Fsp3) is 0.786. The molecule has 18 heavy (non-hydrogen) atoms. The van der Waals surface area contributed by atoms with Crippen molar-refractivity contribution in [2.45, 2.75) is 26.2 Å². The van der Waals surface area contributed by atoms with Gasteiger partial charge < -0.3 is 10.2 Å². The first-order valence-corrected chi connectivity index (χ1v) is 7.11. The smallest absolute Gasteiger partial charge is 0.217 e. The quantitative estimate of drug-likeness (QED) is 0.736. The Labute approximate surface area is 110 Å². The number of hydrogen-bond acceptors (Lipinski definition) is 3. The van der Waals surface area contributed by atoms with Gasteiger partial charge in [0.15, 0.2) is 0 Å². The summed E-state index contributed by atoms with van der Waals surface area (Å²) in [6.45, 7) is 9.41. The zero-order chi connectivity index (χ0) is 12.8. The number of nitrogens with zero attached hydrogens (tertiary/aromatic N) is 2. The SMILES string of the molecule is CC(=O)NCC1=CCCN(CCN2CCCC2)C1. The molecular formula is C14H25N3O. The van der Waals surface area contributed by atoms with E-state index in [0.29, 0.717) is 0 Å². The molecule has 0 spiro atoms. The molecule has 0 aromatic heterocycles. The number of rotatable bonds is 5. The van der Waals surface area contributed by atoms with Crippen LogP contribution in [0.15, 0.2) is 11.6 Å². The molecule has 1 fully saturated rings. The lowest BCUT2D eigenvalue weighted by atomic mass is 10.1. The predicted octanol–water partition coefficient (Wildman–Crippen LogP) is 0.850. The molecule has 2 rings (SSSR count). The molecule has 2 heterocycles. The first-order valence-electron chi connectivity index (χ1n) is 7.11. The van der Waals surface area contributed by atoms with Crippen LogP contribution in [0.1, 0.15) is 26.2 Å². The average Bonchev–Trinajstić information content (AvgIpc) is 2.87. The van der Waals surface area contributed by atoms with E-state index in [1.54, 1.807) is 6.92 Å². The van der Waals surface area contributed by atoms with Gasteiger partial charge in [0.05, 0.1) is 0 Å². The second-order valence-corrected chi connectivity index (χ2v) is 5.39. The largest absolute Gasteiger partial charge is 0.353 e. The lowest BCUT2D eigenvalue weighted by molar-refractivity contribution is -0.118. The summed E-state index contributed by atoms with van der Waals surface area (Å²) in [4.78, 5) is 16.0. The molecule has 102 valence electrons. The summed E-state index contributed by atoms with van der Waals surface area (Å²) in [6.07, 6.45) is 6.14. The molecule has 1 saturated heterocycles. The Morgan fingerprint density at radius 3 is 2.67 bits per heavy atom. The van der Waals surface area contributed by atoms with Crippen molar-refractivity contribution in [2.75, 3.05) is 45.8 Å². The third kappa shape index (κ3) is 4.42. The van der Waals surface area contributed by atoms with Crippen LogP contribution in [0, 0.1) is 0 Å². The molecule has 0 saturated carbocycles. The van der Waals surface area contributed by atoms with Crippen molar-refractivity contribution in [1.82, 2.24) is 15.1 Å². The van der Waals surface area contributed by atoms with Crippen LogP contribution in [-0.2, 0) is 4.79 Å². The molecule has 4 nitrogen and oxygen atoms in total. The van der Waals surface area contributed by atoms with E-state index in [1.807, 2.05) is 0 Å². The summed E-state index contributed by atoms with van der Waals surface area (Å²) >= 11 is 0. The molecule has 0 aromatic rings. The van der Waals surface area contributed by atoms with Crippen molar-refractivity contribution < 1.29 is 4.79 Å². The van der Waals surface area contributed by atoms with Crippen molar-refractivity contribution in [3.8, 4) is 0 Å². The van der Waals surface area contributed by atoms with E-state index in [2.05, 4.69) is 21.2 Å². The van der Waals surface area contributed by atoms with E-state index < -0.39 is 0 Å². The lowest BCUT2D eigenvalue weighted by Crippen LogP contribution is -2.39. The molecule has 1 amide bonds. The van der Waals surface area contributed by atoms with Gasteiger partial charge in [0.1, 0.15) is 0 Å². The molecule has 2 aliphatic heterocycles. The summed E-state index contributed by atoms with van der Waals surface area (Å²) in [5, 5.41) is 2.89. The average molecular weight is 251 g/mol. The van der Waals surface area contributed by atoms with Crippen molar-refractivity contribution in [3.63, 3.8) is 0 Å². The molecule has 0 radical (unpaired) electrons. The molecule has 0 aromatic carbocycles. The van der Waals surface area contributed by atoms with Gasteiger partial charge in [0.25, 0.3) is 0 Å². The fourth-order valence-corrected chi connectivity index (χ4v) is 2.73. The van der Waals surface area contributed by atoms with Crippen LogP contribution >= 0.6 is 0 Å². The first kappa shape index (κ1) is 13.6. The Kier molecular flexibility index (Phi) is 5.20. The van der Waals surface area contributed by atoms with Crippen LogP contribution in [0.3, 0.4) is 0 Å². The zero-order valence-electron chi connectivity index (χ0n) is 11.5. The molecule has 4 heteroatoms. The number of amides is 1. The minimum Gasteiger partial charge on any atom is -0.353 e. The van der Waals surface area contributed by atoms with Gasteiger partial charge in [-0.1, -0.05) is 6.08 Å². The summed E-state index contributed by atoms with van der Waals surface area (Å²) in [5.74, 6) is 0.0603. The van der Waals surface area contributed by atoms with Gasteiger partial charge in [-0.15, -0.1) is 0 Å². The van der Waals surface area contributed by atoms with Crippen molar-refractivity contribution in [2.24, 2.45) is 0 Å². The molecular weight excluding hydrogens is 226 g/mol. The highest BCUT2D eigenvalue weighted by atomic mass is 16.1. The Morgan fingerprint density at radius 2 is 1.94 bits per heavy atom. The Bertz CT molecular complexity index is 308. The minimum absolute atomic E-state index is 0.0603. The molecule has 0 aliphatic carbocycles. The molecule has 0 atom stereocenters. The monoisotopic (exact) mass is 251 g/mol. The highest BCUT2D eigenvalue weighted by Crippen LogP contribution is 2.11. The maximum atomic E-state index is 10.9. The Hall–Kier alpha value is -0.870. The standard InChI is InChI=1S/C14H25N3O/c1-13(18)15-11-14-5-4-8-17(12-14)10-9-16-6-2-3-7-16/h5H,2-4,6-12H2,1H3,(H,15,18).